The minimum atomic E-state index is -0.487. The van der Waals surface area contributed by atoms with E-state index in [1.807, 2.05) is 39.0 Å². The van der Waals surface area contributed by atoms with Crippen LogP contribution in [0.1, 0.15) is 50.3 Å². The van der Waals surface area contributed by atoms with E-state index in [0.717, 1.165) is 22.4 Å². The lowest BCUT2D eigenvalue weighted by molar-refractivity contribution is -0.384. The number of non-ortho nitro benzene ring substituents is 1. The van der Waals surface area contributed by atoms with Crippen LogP contribution in [0.5, 0.6) is 11.5 Å². The van der Waals surface area contributed by atoms with Gasteiger partial charge in [0.25, 0.3) is 11.2 Å². The molecule has 9 nitrogen and oxygen atoms in total. The smallest absolute Gasteiger partial charge is 0.282 e. The lowest BCUT2D eigenvalue weighted by Gasteiger charge is -2.18. The second-order valence-corrected chi connectivity index (χ2v) is 9.02. The van der Waals surface area contributed by atoms with E-state index >= 15 is 0 Å². The Labute approximate surface area is 220 Å². The Hall–Kier alpha value is -4.53. The molecule has 3 aromatic carbocycles. The molecule has 0 spiro atoms. The molecule has 0 saturated carbocycles. The maximum atomic E-state index is 13.7. The molecule has 0 amide bonds. The lowest BCUT2D eigenvalue weighted by atomic mass is 9.96. The molecule has 196 valence electrons. The first-order valence-electron chi connectivity index (χ1n) is 12.5. The number of benzene rings is 3. The van der Waals surface area contributed by atoms with E-state index in [-0.39, 0.29) is 17.2 Å². The summed E-state index contributed by atoms with van der Waals surface area (Å²) >= 11 is 0. The van der Waals surface area contributed by atoms with Crippen LogP contribution in [0.4, 0.5) is 5.69 Å². The Balaban J connectivity index is 1.98. The molecule has 4 aromatic rings. The van der Waals surface area contributed by atoms with Gasteiger partial charge in [-0.25, -0.2) is 4.98 Å². The molecule has 0 saturated heterocycles. The summed E-state index contributed by atoms with van der Waals surface area (Å²) in [5, 5.41) is 16.3. The van der Waals surface area contributed by atoms with Crippen molar-refractivity contribution in [2.24, 2.45) is 5.10 Å². The molecule has 0 aliphatic heterocycles. The van der Waals surface area contributed by atoms with Crippen LogP contribution >= 0.6 is 0 Å². The third-order valence-electron chi connectivity index (χ3n) is 6.09. The molecule has 0 unspecified atom stereocenters. The first-order valence-corrected chi connectivity index (χ1v) is 12.5. The summed E-state index contributed by atoms with van der Waals surface area (Å²) < 4.78 is 12.8. The number of aryl methyl sites for hydroxylation is 1. The molecule has 1 heterocycles. The number of aromatic nitrogens is 2. The fourth-order valence-electron chi connectivity index (χ4n) is 4.23. The second kappa shape index (κ2) is 11.2. The summed E-state index contributed by atoms with van der Waals surface area (Å²) in [7, 11) is 0. The maximum absolute atomic E-state index is 13.7. The topological polar surface area (TPSA) is 109 Å². The highest BCUT2D eigenvalue weighted by Crippen LogP contribution is 2.34. The van der Waals surface area contributed by atoms with Crippen LogP contribution in [0, 0.1) is 17.0 Å². The summed E-state index contributed by atoms with van der Waals surface area (Å²) in [6.07, 6.45) is 1.40. The van der Waals surface area contributed by atoms with Crippen molar-refractivity contribution in [1.82, 2.24) is 9.66 Å². The molecule has 1 aromatic heterocycles. The summed E-state index contributed by atoms with van der Waals surface area (Å²) in [5.41, 5.74) is 3.05. The van der Waals surface area contributed by atoms with Crippen molar-refractivity contribution in [3.8, 4) is 22.9 Å². The molecular weight excluding hydrogens is 484 g/mol. The molecule has 0 radical (unpaired) electrons. The number of para-hydroxylation sites is 1. The van der Waals surface area contributed by atoms with E-state index in [2.05, 4.69) is 18.9 Å². The van der Waals surface area contributed by atoms with Gasteiger partial charge < -0.3 is 9.47 Å². The van der Waals surface area contributed by atoms with Crippen LogP contribution in [0.2, 0.25) is 0 Å². The molecule has 0 fully saturated rings. The van der Waals surface area contributed by atoms with Crippen molar-refractivity contribution in [2.45, 2.75) is 40.5 Å². The third kappa shape index (κ3) is 5.27. The molecule has 0 atom stereocenters. The quantitative estimate of drug-likeness (QED) is 0.152. The van der Waals surface area contributed by atoms with Crippen molar-refractivity contribution in [2.75, 3.05) is 13.2 Å². The number of nitro benzene ring substituents is 1. The standard InChI is InChI=1S/C29H30N4O5/c1-6-37-26-13-12-21(33(35)36)15-20(26)17-30-32-28(31-25-11-9-8-10-22(25)29(32)34)24-16-23(18(3)4)27(38-7-2)14-19(24)5/h8-18H,6-7H2,1-5H3. The van der Waals surface area contributed by atoms with E-state index in [0.29, 0.717) is 41.3 Å². The van der Waals surface area contributed by atoms with E-state index < -0.39 is 4.92 Å². The van der Waals surface area contributed by atoms with Crippen molar-refractivity contribution < 1.29 is 14.4 Å². The lowest BCUT2D eigenvalue weighted by Crippen LogP contribution is -2.21. The summed E-state index contributed by atoms with van der Waals surface area (Å²) in [5.74, 6) is 1.74. The monoisotopic (exact) mass is 514 g/mol. The Kier molecular flexibility index (Phi) is 7.85. The Morgan fingerprint density at radius 1 is 1.05 bits per heavy atom. The fourth-order valence-corrected chi connectivity index (χ4v) is 4.23. The first-order chi connectivity index (χ1) is 18.2. The minimum Gasteiger partial charge on any atom is -0.494 e. The number of nitro groups is 1. The number of nitrogens with zero attached hydrogens (tertiary/aromatic N) is 4. The van der Waals surface area contributed by atoms with Gasteiger partial charge in [0.05, 0.1) is 35.3 Å². The normalized spacial score (nSPS) is 11.4. The Bertz CT molecular complexity index is 1590. The third-order valence-corrected chi connectivity index (χ3v) is 6.09. The number of fused-ring (bicyclic) bond motifs is 1. The van der Waals surface area contributed by atoms with Gasteiger partial charge in [0, 0.05) is 23.3 Å². The van der Waals surface area contributed by atoms with E-state index in [9.17, 15) is 14.9 Å². The molecule has 0 N–H and O–H groups in total. The molecule has 0 aliphatic rings. The molecule has 0 aliphatic carbocycles. The van der Waals surface area contributed by atoms with E-state index in [1.54, 1.807) is 18.2 Å². The van der Waals surface area contributed by atoms with Gasteiger partial charge in [0.15, 0.2) is 5.82 Å². The number of rotatable bonds is 9. The van der Waals surface area contributed by atoms with Crippen LogP contribution in [0.3, 0.4) is 0 Å². The zero-order valence-corrected chi connectivity index (χ0v) is 22.1. The number of hydrogen-bond acceptors (Lipinski definition) is 7. The van der Waals surface area contributed by atoms with Crippen molar-refractivity contribution >= 4 is 22.8 Å². The summed E-state index contributed by atoms with van der Waals surface area (Å²) in [6.45, 7) is 10.7. The van der Waals surface area contributed by atoms with Crippen molar-refractivity contribution in [3.05, 3.63) is 91.8 Å². The molecule has 9 heteroatoms. The van der Waals surface area contributed by atoms with Gasteiger partial charge in [-0.15, -0.1) is 0 Å². The van der Waals surface area contributed by atoms with Crippen LogP contribution in [-0.2, 0) is 0 Å². The van der Waals surface area contributed by atoms with Gasteiger partial charge in [-0.1, -0.05) is 26.0 Å². The van der Waals surface area contributed by atoms with Gasteiger partial charge >= 0.3 is 0 Å². The average Bonchev–Trinajstić information content (AvgIpc) is 2.89. The van der Waals surface area contributed by atoms with Crippen molar-refractivity contribution in [3.63, 3.8) is 0 Å². The van der Waals surface area contributed by atoms with Crippen LogP contribution < -0.4 is 15.0 Å². The fraction of sp³-hybridized carbons (Fsp3) is 0.276. The highest BCUT2D eigenvalue weighted by Gasteiger charge is 2.19. The Morgan fingerprint density at radius 3 is 2.45 bits per heavy atom. The predicted octanol–water partition coefficient (Wildman–Crippen LogP) is 6.08. The number of ether oxygens (including phenoxy) is 2. The van der Waals surface area contributed by atoms with Gasteiger partial charge in [0.2, 0.25) is 0 Å². The summed E-state index contributed by atoms with van der Waals surface area (Å²) in [4.78, 5) is 29.4. The zero-order valence-electron chi connectivity index (χ0n) is 22.1. The van der Waals surface area contributed by atoms with E-state index in [4.69, 9.17) is 14.5 Å². The van der Waals surface area contributed by atoms with Crippen LogP contribution in [0.25, 0.3) is 22.3 Å². The van der Waals surface area contributed by atoms with Gasteiger partial charge in [-0.2, -0.15) is 9.78 Å². The SMILES string of the molecule is CCOc1ccc([N+](=O)[O-])cc1C=Nn1c(-c2cc(C(C)C)c(OCC)cc2C)nc2ccccc2c1=O. The van der Waals surface area contributed by atoms with Crippen LogP contribution in [0.15, 0.2) is 64.5 Å². The van der Waals surface area contributed by atoms with Gasteiger partial charge in [0.1, 0.15) is 11.5 Å². The van der Waals surface area contributed by atoms with Crippen molar-refractivity contribution in [1.29, 1.82) is 0 Å². The highest BCUT2D eigenvalue weighted by atomic mass is 16.6. The zero-order chi connectivity index (χ0) is 27.4. The molecule has 4 rings (SSSR count). The second-order valence-electron chi connectivity index (χ2n) is 9.02. The molecule has 38 heavy (non-hydrogen) atoms. The first kappa shape index (κ1) is 26.5. The van der Waals surface area contributed by atoms with E-state index in [1.165, 1.54) is 29.1 Å². The summed E-state index contributed by atoms with van der Waals surface area (Å²) in [6, 6.07) is 15.3. The van der Waals surface area contributed by atoms with Gasteiger partial charge in [-0.3, -0.25) is 14.9 Å². The Morgan fingerprint density at radius 2 is 1.76 bits per heavy atom. The predicted molar refractivity (Wildman–Crippen MR) is 149 cm³/mol. The van der Waals surface area contributed by atoms with Gasteiger partial charge in [-0.05, 0) is 68.1 Å². The largest absolute Gasteiger partial charge is 0.494 e. The average molecular weight is 515 g/mol. The molecular formula is C29H30N4O5. The minimum absolute atomic E-state index is 0.108. The highest BCUT2D eigenvalue weighted by molar-refractivity contribution is 5.85. The maximum Gasteiger partial charge on any atom is 0.282 e. The van der Waals surface area contributed by atoms with Crippen LogP contribution in [-0.4, -0.2) is 34.0 Å². The number of hydrogen-bond donors (Lipinski definition) is 0. The molecule has 0 bridgehead atoms.